The summed E-state index contributed by atoms with van der Waals surface area (Å²) >= 11 is 0. The minimum absolute atomic E-state index is 0.0990. The molecule has 0 fully saturated rings. The summed E-state index contributed by atoms with van der Waals surface area (Å²) in [5, 5.41) is 0.775. The minimum Gasteiger partial charge on any atom is -0.467 e. The highest BCUT2D eigenvalue weighted by Crippen LogP contribution is 2.42. The number of hydrogen-bond donors (Lipinski definition) is 0. The molecule has 6 nitrogen and oxygen atoms in total. The van der Waals surface area contributed by atoms with E-state index in [9.17, 15) is 9.59 Å². The lowest BCUT2D eigenvalue weighted by Gasteiger charge is -2.17. The Morgan fingerprint density at radius 2 is 1.79 bits per heavy atom. The summed E-state index contributed by atoms with van der Waals surface area (Å²) in [6.45, 7) is 0.0990. The molecule has 0 N–H and O–H groups in total. The Balaban J connectivity index is 2.06. The standard InChI is InChI=1S/C23H18O6/c1-26-13-28-15-8-10-19-21(12-15)29-20-11-14(24)7-9-18(20)22(19)16-5-3-4-6-17(16)23(25)27-2/h3-12H,13H2,1-2H3. The number of ether oxygens (including phenoxy) is 3. The molecule has 2 aromatic rings. The lowest BCUT2D eigenvalue weighted by Crippen LogP contribution is -2.05. The highest BCUT2D eigenvalue weighted by atomic mass is 16.7. The zero-order valence-corrected chi connectivity index (χ0v) is 15.9. The average molecular weight is 390 g/mol. The second-order valence-corrected chi connectivity index (χ2v) is 6.38. The molecule has 2 aliphatic rings. The van der Waals surface area contributed by atoms with Crippen LogP contribution in [0.3, 0.4) is 0 Å². The Kier molecular flexibility index (Phi) is 5.01. The molecule has 0 unspecified atom stereocenters. The number of hydrogen-bond acceptors (Lipinski definition) is 6. The van der Waals surface area contributed by atoms with Crippen LogP contribution in [0.2, 0.25) is 0 Å². The normalized spacial score (nSPS) is 11.0. The molecular formula is C23H18O6. The van der Waals surface area contributed by atoms with E-state index in [1.54, 1.807) is 30.3 Å². The molecule has 0 saturated heterocycles. The Hall–Kier alpha value is -3.64. The minimum atomic E-state index is -0.441. The van der Waals surface area contributed by atoms with Gasteiger partial charge in [-0.25, -0.2) is 4.79 Å². The Morgan fingerprint density at radius 3 is 2.59 bits per heavy atom. The SMILES string of the molecule is COCOc1ccc2c(-c3ccccc3C(=O)OC)c3ccc(=O)cc-3oc2c1. The molecule has 0 spiro atoms. The van der Waals surface area contributed by atoms with Crippen molar-refractivity contribution in [3.05, 3.63) is 76.5 Å². The van der Waals surface area contributed by atoms with Gasteiger partial charge < -0.3 is 18.6 Å². The van der Waals surface area contributed by atoms with E-state index in [1.165, 1.54) is 26.4 Å². The number of rotatable bonds is 5. The Labute approximate surface area is 166 Å². The van der Waals surface area contributed by atoms with Crippen molar-refractivity contribution < 1.29 is 23.4 Å². The molecule has 1 heterocycles. The molecule has 1 aliphatic heterocycles. The Bertz CT molecular complexity index is 1220. The predicted molar refractivity (Wildman–Crippen MR) is 108 cm³/mol. The fraction of sp³-hybridized carbons (Fsp3) is 0.130. The quantitative estimate of drug-likeness (QED) is 0.287. The second-order valence-electron chi connectivity index (χ2n) is 6.38. The van der Waals surface area contributed by atoms with Crippen molar-refractivity contribution in [3.8, 4) is 28.2 Å². The fourth-order valence-corrected chi connectivity index (χ4v) is 3.35. The molecule has 2 aromatic carbocycles. The van der Waals surface area contributed by atoms with Gasteiger partial charge in [-0.2, -0.15) is 0 Å². The van der Waals surface area contributed by atoms with Crippen LogP contribution >= 0.6 is 0 Å². The summed E-state index contributed by atoms with van der Waals surface area (Å²) < 4.78 is 21.4. The molecule has 0 bridgehead atoms. The summed E-state index contributed by atoms with van der Waals surface area (Å²) in [6.07, 6.45) is 0. The van der Waals surface area contributed by atoms with E-state index >= 15 is 0 Å². The van der Waals surface area contributed by atoms with Crippen LogP contribution < -0.4 is 10.2 Å². The van der Waals surface area contributed by atoms with E-state index < -0.39 is 5.97 Å². The molecule has 0 radical (unpaired) electrons. The third-order valence-electron chi connectivity index (χ3n) is 4.61. The number of carbonyl (C=O) groups excluding carboxylic acids is 1. The zero-order valence-electron chi connectivity index (χ0n) is 15.9. The summed E-state index contributed by atoms with van der Waals surface area (Å²) in [7, 11) is 2.88. The van der Waals surface area contributed by atoms with Crippen molar-refractivity contribution >= 4 is 16.9 Å². The number of esters is 1. The van der Waals surface area contributed by atoms with Gasteiger partial charge in [-0.05, 0) is 35.9 Å². The summed E-state index contributed by atoms with van der Waals surface area (Å²) in [5.41, 5.74) is 2.97. The van der Waals surface area contributed by atoms with Crippen LogP contribution in [0.1, 0.15) is 10.4 Å². The maximum absolute atomic E-state index is 12.4. The van der Waals surface area contributed by atoms with Crippen molar-refractivity contribution in [1.82, 2.24) is 0 Å². The molecule has 0 atom stereocenters. The van der Waals surface area contributed by atoms with Crippen LogP contribution in [0.5, 0.6) is 5.75 Å². The van der Waals surface area contributed by atoms with E-state index in [4.69, 9.17) is 18.6 Å². The summed E-state index contributed by atoms with van der Waals surface area (Å²) in [4.78, 5) is 24.3. The largest absolute Gasteiger partial charge is 0.467 e. The van der Waals surface area contributed by atoms with E-state index in [0.717, 1.165) is 16.5 Å². The van der Waals surface area contributed by atoms with Crippen LogP contribution in [0.4, 0.5) is 0 Å². The van der Waals surface area contributed by atoms with Gasteiger partial charge in [-0.15, -0.1) is 0 Å². The van der Waals surface area contributed by atoms with Gasteiger partial charge in [0.1, 0.15) is 17.1 Å². The highest BCUT2D eigenvalue weighted by Gasteiger charge is 2.22. The first-order chi connectivity index (χ1) is 14.1. The maximum atomic E-state index is 12.4. The zero-order chi connectivity index (χ0) is 20.4. The van der Waals surface area contributed by atoms with Crippen molar-refractivity contribution in [3.63, 3.8) is 0 Å². The number of fused-ring (bicyclic) bond motifs is 2. The molecule has 1 aliphatic carbocycles. The lowest BCUT2D eigenvalue weighted by molar-refractivity contribution is 0.0511. The van der Waals surface area contributed by atoms with Gasteiger partial charge in [-0.3, -0.25) is 4.79 Å². The van der Waals surface area contributed by atoms with Crippen LogP contribution in [0.15, 0.2) is 69.9 Å². The third kappa shape index (κ3) is 3.46. The van der Waals surface area contributed by atoms with Gasteiger partial charge in [0.05, 0.1) is 12.7 Å². The van der Waals surface area contributed by atoms with Crippen molar-refractivity contribution in [2.75, 3.05) is 21.0 Å². The number of methoxy groups -OCH3 is 2. The number of carbonyl (C=O) groups is 1. The van der Waals surface area contributed by atoms with Crippen LogP contribution in [0, 0.1) is 0 Å². The molecule has 6 heteroatoms. The second kappa shape index (κ2) is 7.77. The van der Waals surface area contributed by atoms with Crippen molar-refractivity contribution in [1.29, 1.82) is 0 Å². The van der Waals surface area contributed by atoms with Crippen LogP contribution in [-0.2, 0) is 9.47 Å². The van der Waals surface area contributed by atoms with Gasteiger partial charge >= 0.3 is 5.97 Å². The van der Waals surface area contributed by atoms with E-state index in [2.05, 4.69) is 0 Å². The topological polar surface area (TPSA) is 75.0 Å². The average Bonchev–Trinajstić information content (AvgIpc) is 2.75. The monoisotopic (exact) mass is 390 g/mol. The van der Waals surface area contributed by atoms with E-state index in [-0.39, 0.29) is 12.2 Å². The first-order valence-corrected chi connectivity index (χ1v) is 8.92. The molecule has 146 valence electrons. The fourth-order valence-electron chi connectivity index (χ4n) is 3.35. The van der Waals surface area contributed by atoms with Gasteiger partial charge in [0.25, 0.3) is 0 Å². The smallest absolute Gasteiger partial charge is 0.338 e. The summed E-state index contributed by atoms with van der Waals surface area (Å²) in [6, 6.07) is 17.2. The maximum Gasteiger partial charge on any atom is 0.338 e. The van der Waals surface area contributed by atoms with Gasteiger partial charge in [0.15, 0.2) is 12.2 Å². The van der Waals surface area contributed by atoms with Gasteiger partial charge in [-0.1, -0.05) is 18.2 Å². The summed E-state index contributed by atoms with van der Waals surface area (Å²) in [5.74, 6) is 0.541. The molecule has 0 saturated carbocycles. The molecule has 29 heavy (non-hydrogen) atoms. The van der Waals surface area contributed by atoms with E-state index in [1.807, 2.05) is 18.2 Å². The van der Waals surface area contributed by atoms with Gasteiger partial charge in [0.2, 0.25) is 0 Å². The van der Waals surface area contributed by atoms with Crippen molar-refractivity contribution in [2.24, 2.45) is 0 Å². The van der Waals surface area contributed by atoms with Crippen LogP contribution in [-0.4, -0.2) is 27.0 Å². The molecule has 0 amide bonds. The Morgan fingerprint density at radius 1 is 0.966 bits per heavy atom. The lowest BCUT2D eigenvalue weighted by atomic mass is 9.91. The third-order valence-corrected chi connectivity index (χ3v) is 4.61. The highest BCUT2D eigenvalue weighted by molar-refractivity contribution is 6.07. The van der Waals surface area contributed by atoms with Gasteiger partial charge in [0, 0.05) is 35.8 Å². The van der Waals surface area contributed by atoms with E-state index in [0.29, 0.717) is 28.2 Å². The molecule has 4 rings (SSSR count). The van der Waals surface area contributed by atoms with Crippen molar-refractivity contribution in [2.45, 2.75) is 0 Å². The predicted octanol–water partition coefficient (Wildman–Crippen LogP) is 4.33. The first kappa shape index (κ1) is 18.7. The van der Waals surface area contributed by atoms with Crippen LogP contribution in [0.25, 0.3) is 33.4 Å². The molecular weight excluding hydrogens is 372 g/mol. The molecule has 0 aromatic heterocycles. The number of benzene rings is 3. The first-order valence-electron chi connectivity index (χ1n) is 8.92.